The van der Waals surface area contributed by atoms with Gasteiger partial charge in [-0.1, -0.05) is 6.92 Å². The van der Waals surface area contributed by atoms with E-state index in [0.717, 1.165) is 25.0 Å². The summed E-state index contributed by atoms with van der Waals surface area (Å²) in [5, 5.41) is 3.58. The van der Waals surface area contributed by atoms with Gasteiger partial charge in [-0.05, 0) is 43.4 Å². The molecule has 0 bridgehead atoms. The number of benzene rings is 1. The first kappa shape index (κ1) is 16.2. The molecule has 0 radical (unpaired) electrons. The van der Waals surface area contributed by atoms with Crippen molar-refractivity contribution in [2.45, 2.75) is 39.0 Å². The van der Waals surface area contributed by atoms with E-state index in [1.54, 1.807) is 17.4 Å². The van der Waals surface area contributed by atoms with Crippen molar-refractivity contribution in [3.05, 3.63) is 40.4 Å². The molecule has 1 aliphatic carbocycles. The van der Waals surface area contributed by atoms with Gasteiger partial charge < -0.3 is 10.3 Å². The van der Waals surface area contributed by atoms with Crippen LogP contribution in [-0.4, -0.2) is 20.9 Å². The lowest BCUT2D eigenvalue weighted by Crippen LogP contribution is -2.12. The molecule has 4 rings (SSSR count). The van der Waals surface area contributed by atoms with Crippen LogP contribution in [0.15, 0.2) is 18.2 Å². The zero-order chi connectivity index (χ0) is 17.4. The first-order valence-corrected chi connectivity index (χ1v) is 9.31. The second-order valence-corrected chi connectivity index (χ2v) is 7.71. The van der Waals surface area contributed by atoms with Gasteiger partial charge in [-0.15, -0.1) is 11.3 Å². The average molecular weight is 358 g/mol. The summed E-state index contributed by atoms with van der Waals surface area (Å²) < 4.78 is 13.2. The van der Waals surface area contributed by atoms with Gasteiger partial charge in [-0.25, -0.2) is 14.4 Å². The largest absolute Gasteiger partial charge is 0.342 e. The molecule has 1 amide bonds. The number of nitrogens with one attached hydrogen (secondary N) is 2. The molecule has 2 N–H and O–H groups in total. The molecule has 2 heterocycles. The normalized spacial score (nSPS) is 16.8. The molecule has 0 fully saturated rings. The van der Waals surface area contributed by atoms with E-state index in [-0.39, 0.29) is 11.7 Å². The van der Waals surface area contributed by atoms with Crippen molar-refractivity contribution < 1.29 is 9.18 Å². The smallest absolute Gasteiger partial charge is 0.226 e. The topological polar surface area (TPSA) is 70.7 Å². The van der Waals surface area contributed by atoms with Crippen molar-refractivity contribution in [1.29, 1.82) is 0 Å². The summed E-state index contributed by atoms with van der Waals surface area (Å²) in [6.45, 7) is 2.25. The van der Waals surface area contributed by atoms with Crippen LogP contribution in [0.2, 0.25) is 0 Å². The van der Waals surface area contributed by atoms with Crippen LogP contribution in [-0.2, 0) is 24.1 Å². The Morgan fingerprint density at radius 2 is 2.32 bits per heavy atom. The minimum Gasteiger partial charge on any atom is -0.342 e. The molecule has 5 nitrogen and oxygen atoms in total. The molecule has 2 aromatic heterocycles. The number of nitrogens with zero attached hydrogens (tertiary/aromatic N) is 2. The van der Waals surface area contributed by atoms with E-state index < -0.39 is 0 Å². The number of imidazole rings is 1. The lowest BCUT2D eigenvalue weighted by Gasteiger charge is -2.15. The molecule has 25 heavy (non-hydrogen) atoms. The van der Waals surface area contributed by atoms with Crippen molar-refractivity contribution in [3.8, 4) is 0 Å². The third kappa shape index (κ3) is 3.56. The summed E-state index contributed by atoms with van der Waals surface area (Å²) in [6, 6.07) is 4.42. The first-order valence-electron chi connectivity index (χ1n) is 8.49. The first-order chi connectivity index (χ1) is 12.1. The highest BCUT2D eigenvalue weighted by Gasteiger charge is 2.20. The summed E-state index contributed by atoms with van der Waals surface area (Å²) in [5.74, 6) is 0.991. The van der Waals surface area contributed by atoms with Crippen molar-refractivity contribution in [2.24, 2.45) is 5.92 Å². The van der Waals surface area contributed by atoms with Crippen LogP contribution in [0.5, 0.6) is 0 Å². The monoisotopic (exact) mass is 358 g/mol. The summed E-state index contributed by atoms with van der Waals surface area (Å²) in [5.41, 5.74) is 2.49. The molecule has 0 saturated carbocycles. The summed E-state index contributed by atoms with van der Waals surface area (Å²) >= 11 is 1.59. The Hall–Kier alpha value is -2.28. The van der Waals surface area contributed by atoms with Crippen LogP contribution in [0.3, 0.4) is 0 Å². The van der Waals surface area contributed by atoms with Crippen LogP contribution in [0, 0.1) is 11.7 Å². The highest BCUT2D eigenvalue weighted by molar-refractivity contribution is 7.15. The molecule has 0 aliphatic heterocycles. The van der Waals surface area contributed by atoms with Gasteiger partial charge >= 0.3 is 0 Å². The predicted molar refractivity (Wildman–Crippen MR) is 96.3 cm³/mol. The van der Waals surface area contributed by atoms with Crippen molar-refractivity contribution >= 4 is 33.4 Å². The maximum atomic E-state index is 13.2. The Morgan fingerprint density at radius 3 is 3.20 bits per heavy atom. The minimum atomic E-state index is -0.303. The van der Waals surface area contributed by atoms with Gasteiger partial charge in [0.2, 0.25) is 5.91 Å². The summed E-state index contributed by atoms with van der Waals surface area (Å²) in [4.78, 5) is 25.5. The van der Waals surface area contributed by atoms with E-state index in [2.05, 4.69) is 27.2 Å². The van der Waals surface area contributed by atoms with Crippen LogP contribution in [0.4, 0.5) is 9.52 Å². The van der Waals surface area contributed by atoms with Crippen LogP contribution >= 0.6 is 11.3 Å². The number of fused-ring (bicyclic) bond motifs is 2. The number of rotatable bonds is 4. The van der Waals surface area contributed by atoms with E-state index in [9.17, 15) is 9.18 Å². The van der Waals surface area contributed by atoms with Gasteiger partial charge in [0.1, 0.15) is 11.6 Å². The molecule has 1 atom stereocenters. The van der Waals surface area contributed by atoms with E-state index in [0.29, 0.717) is 40.7 Å². The zero-order valence-corrected chi connectivity index (χ0v) is 14.8. The van der Waals surface area contributed by atoms with Gasteiger partial charge in [0.25, 0.3) is 0 Å². The predicted octanol–water partition coefficient (Wildman–Crippen LogP) is 3.85. The molecule has 0 saturated heterocycles. The minimum absolute atomic E-state index is 0.0780. The molecule has 1 aliphatic rings. The fourth-order valence-corrected chi connectivity index (χ4v) is 4.35. The third-order valence-electron chi connectivity index (χ3n) is 4.51. The second kappa shape index (κ2) is 6.55. The Labute approximate surface area is 148 Å². The second-order valence-electron chi connectivity index (χ2n) is 6.63. The highest BCUT2D eigenvalue weighted by atomic mass is 32.1. The van der Waals surface area contributed by atoms with Crippen molar-refractivity contribution in [2.75, 3.05) is 5.32 Å². The Morgan fingerprint density at radius 1 is 1.44 bits per heavy atom. The summed E-state index contributed by atoms with van der Waals surface area (Å²) in [7, 11) is 0. The fourth-order valence-electron chi connectivity index (χ4n) is 3.16. The number of anilines is 1. The maximum Gasteiger partial charge on any atom is 0.226 e. The Bertz CT molecular complexity index is 932. The molecule has 0 spiro atoms. The number of thiazole rings is 1. The number of amides is 1. The van der Waals surface area contributed by atoms with Gasteiger partial charge in [0, 0.05) is 17.7 Å². The van der Waals surface area contributed by atoms with E-state index >= 15 is 0 Å². The van der Waals surface area contributed by atoms with Crippen molar-refractivity contribution in [1.82, 2.24) is 15.0 Å². The molecule has 7 heteroatoms. The standard InChI is InChI=1S/C18H19FN4OS/c1-10-2-4-13-15(8-10)25-18(22-13)23-17(24)7-6-16-20-12-5-3-11(19)9-14(12)21-16/h3,5,9-10H,2,4,6-8H2,1H3,(H,20,21)(H,22,23,24). The molecular weight excluding hydrogens is 339 g/mol. The van der Waals surface area contributed by atoms with Gasteiger partial charge in [-0.3, -0.25) is 4.79 Å². The number of carbonyl (C=O) groups is 1. The van der Waals surface area contributed by atoms with Crippen molar-refractivity contribution in [3.63, 3.8) is 0 Å². The average Bonchev–Trinajstić information content (AvgIpc) is 3.14. The van der Waals surface area contributed by atoms with Crippen LogP contribution < -0.4 is 5.32 Å². The SMILES string of the molecule is CC1CCc2nc(NC(=O)CCc3nc4ccc(F)cc4[nH]3)sc2C1. The number of halogens is 1. The Kier molecular flexibility index (Phi) is 4.25. The number of carbonyl (C=O) groups excluding carboxylic acids is 1. The molecule has 1 aromatic carbocycles. The maximum absolute atomic E-state index is 13.2. The van der Waals surface area contributed by atoms with E-state index in [1.165, 1.54) is 17.0 Å². The zero-order valence-electron chi connectivity index (χ0n) is 13.9. The van der Waals surface area contributed by atoms with E-state index in [1.807, 2.05) is 0 Å². The fraction of sp³-hybridized carbons (Fsp3) is 0.389. The van der Waals surface area contributed by atoms with Gasteiger partial charge in [0.05, 0.1) is 16.7 Å². The third-order valence-corrected chi connectivity index (χ3v) is 5.55. The lowest BCUT2D eigenvalue weighted by molar-refractivity contribution is -0.116. The molecule has 1 unspecified atom stereocenters. The number of hydrogen-bond donors (Lipinski definition) is 2. The van der Waals surface area contributed by atoms with Crippen LogP contribution in [0.1, 0.15) is 36.2 Å². The molecular formula is C18H19FN4OS. The number of aromatic nitrogens is 3. The van der Waals surface area contributed by atoms with Gasteiger partial charge in [-0.2, -0.15) is 0 Å². The number of hydrogen-bond acceptors (Lipinski definition) is 4. The number of aromatic amines is 1. The Balaban J connectivity index is 1.37. The highest BCUT2D eigenvalue weighted by Crippen LogP contribution is 2.32. The van der Waals surface area contributed by atoms with Crippen LogP contribution in [0.25, 0.3) is 11.0 Å². The van der Waals surface area contributed by atoms with Gasteiger partial charge in [0.15, 0.2) is 5.13 Å². The number of H-pyrrole nitrogens is 1. The summed E-state index contributed by atoms with van der Waals surface area (Å²) in [6.07, 6.45) is 4.00. The number of aryl methyl sites for hydroxylation is 2. The van der Waals surface area contributed by atoms with E-state index in [4.69, 9.17) is 0 Å². The quantitative estimate of drug-likeness (QED) is 0.744. The lowest BCUT2D eigenvalue weighted by atomic mass is 9.93. The molecule has 130 valence electrons. The molecule has 3 aromatic rings.